The van der Waals surface area contributed by atoms with Crippen LogP contribution in [0.4, 0.5) is 0 Å². The maximum atomic E-state index is 13.0. The van der Waals surface area contributed by atoms with Gasteiger partial charge in [0.2, 0.25) is 0 Å². The number of amides is 1. The van der Waals surface area contributed by atoms with Gasteiger partial charge in [-0.05, 0) is 63.7 Å². The number of rotatable bonds is 5. The first kappa shape index (κ1) is 18.9. The van der Waals surface area contributed by atoms with Crippen LogP contribution in [-0.2, 0) is 0 Å². The second-order valence-electron chi connectivity index (χ2n) is 7.81. The maximum absolute atomic E-state index is 13.0. The molecule has 2 aliphatic rings. The van der Waals surface area contributed by atoms with Gasteiger partial charge >= 0.3 is 0 Å². The van der Waals surface area contributed by atoms with Gasteiger partial charge in [-0.3, -0.25) is 4.79 Å². The van der Waals surface area contributed by atoms with Crippen LogP contribution in [-0.4, -0.2) is 58.6 Å². The minimum absolute atomic E-state index is 0.0140. The third-order valence-electron chi connectivity index (χ3n) is 5.92. The molecule has 7 nitrogen and oxygen atoms in total. The molecule has 0 atom stereocenters. The topological polar surface area (TPSA) is 72.3 Å². The van der Waals surface area contributed by atoms with Gasteiger partial charge in [-0.1, -0.05) is 23.4 Å². The van der Waals surface area contributed by atoms with E-state index in [1.165, 1.54) is 0 Å². The average molecular weight is 383 g/mol. The summed E-state index contributed by atoms with van der Waals surface area (Å²) in [4.78, 5) is 14.9. The minimum atomic E-state index is 0.0140. The molecule has 7 heteroatoms. The summed E-state index contributed by atoms with van der Waals surface area (Å²) in [5.41, 5.74) is 1.41. The van der Waals surface area contributed by atoms with E-state index >= 15 is 0 Å². The molecule has 2 aromatic rings. The molecule has 1 amide bonds. The summed E-state index contributed by atoms with van der Waals surface area (Å²) in [5, 5.41) is 11.9. The monoisotopic (exact) mass is 383 g/mol. The smallest absolute Gasteiger partial charge is 0.276 e. The van der Waals surface area contributed by atoms with Crippen LogP contribution in [0.2, 0.25) is 0 Å². The van der Waals surface area contributed by atoms with Gasteiger partial charge in [0.15, 0.2) is 5.69 Å². The summed E-state index contributed by atoms with van der Waals surface area (Å²) in [7, 11) is 0. The Balaban J connectivity index is 1.31. The highest BCUT2D eigenvalue weighted by Gasteiger charge is 2.29. The predicted octanol–water partition coefficient (Wildman–Crippen LogP) is 2.44. The minimum Gasteiger partial charge on any atom is -0.493 e. The zero-order chi connectivity index (χ0) is 19.3. The molecule has 1 aromatic carbocycles. The predicted molar refractivity (Wildman–Crippen MR) is 106 cm³/mol. The largest absolute Gasteiger partial charge is 0.493 e. The first-order valence-electron chi connectivity index (χ1n) is 10.3. The van der Waals surface area contributed by atoms with Crippen molar-refractivity contribution in [1.82, 2.24) is 25.2 Å². The first-order chi connectivity index (χ1) is 13.7. The molecular formula is C21H29N5O2. The highest BCUT2D eigenvalue weighted by atomic mass is 16.5. The molecule has 1 aromatic heterocycles. The van der Waals surface area contributed by atoms with E-state index in [0.29, 0.717) is 24.3 Å². The number of piperidine rings is 2. The van der Waals surface area contributed by atoms with E-state index in [2.05, 4.69) is 15.6 Å². The molecule has 28 heavy (non-hydrogen) atoms. The van der Waals surface area contributed by atoms with E-state index in [1.807, 2.05) is 46.8 Å². The van der Waals surface area contributed by atoms with E-state index in [0.717, 1.165) is 63.3 Å². The van der Waals surface area contributed by atoms with Crippen LogP contribution in [0.5, 0.6) is 5.75 Å². The Labute approximate surface area is 166 Å². The van der Waals surface area contributed by atoms with E-state index in [4.69, 9.17) is 4.74 Å². The van der Waals surface area contributed by atoms with Crippen LogP contribution < -0.4 is 10.1 Å². The fraction of sp³-hybridized carbons (Fsp3) is 0.571. The van der Waals surface area contributed by atoms with Crippen LogP contribution in [0.25, 0.3) is 0 Å². The summed E-state index contributed by atoms with van der Waals surface area (Å²) in [6.45, 7) is 6.16. The van der Waals surface area contributed by atoms with E-state index in [9.17, 15) is 4.79 Å². The Bertz CT molecular complexity index is 777. The highest BCUT2D eigenvalue weighted by molar-refractivity contribution is 5.93. The molecule has 0 spiro atoms. The summed E-state index contributed by atoms with van der Waals surface area (Å²) in [6, 6.07) is 10.3. The van der Waals surface area contributed by atoms with Crippen LogP contribution in [0, 0.1) is 12.8 Å². The summed E-state index contributed by atoms with van der Waals surface area (Å²) < 4.78 is 7.83. The van der Waals surface area contributed by atoms with Crippen molar-refractivity contribution in [2.45, 2.75) is 38.6 Å². The number of ether oxygens (including phenoxy) is 1. The van der Waals surface area contributed by atoms with Crippen molar-refractivity contribution in [2.24, 2.45) is 5.92 Å². The number of nitrogens with one attached hydrogen (secondary N) is 1. The second-order valence-corrected chi connectivity index (χ2v) is 7.81. The molecule has 0 aliphatic carbocycles. The number of likely N-dealkylation sites (tertiary alicyclic amines) is 1. The Morgan fingerprint density at radius 1 is 1.14 bits per heavy atom. The number of nitrogens with zero attached hydrogens (tertiary/aromatic N) is 4. The van der Waals surface area contributed by atoms with Crippen LogP contribution >= 0.6 is 0 Å². The van der Waals surface area contributed by atoms with Crippen molar-refractivity contribution in [3.8, 4) is 5.75 Å². The lowest BCUT2D eigenvalue weighted by molar-refractivity contribution is 0.0654. The van der Waals surface area contributed by atoms with Crippen LogP contribution in [0.3, 0.4) is 0 Å². The van der Waals surface area contributed by atoms with Crippen LogP contribution in [0.15, 0.2) is 30.3 Å². The molecule has 0 saturated carbocycles. The lowest BCUT2D eigenvalue weighted by Gasteiger charge is -2.31. The molecular weight excluding hydrogens is 354 g/mol. The standard InChI is InChI=1S/C21H29N5O2/c1-16-20(23-24-26(16)18-7-11-22-12-8-18)21(27)25-13-9-17(10-14-25)15-28-19-5-3-2-4-6-19/h2-6,17-18,22H,7-15H2,1H3. The Kier molecular flexibility index (Phi) is 5.90. The number of benzene rings is 1. The fourth-order valence-electron chi connectivity index (χ4n) is 4.12. The van der Waals surface area contributed by atoms with Crippen molar-refractivity contribution in [3.05, 3.63) is 41.7 Å². The molecule has 4 rings (SSSR count). The van der Waals surface area contributed by atoms with Gasteiger partial charge in [0.05, 0.1) is 18.3 Å². The van der Waals surface area contributed by atoms with Crippen molar-refractivity contribution >= 4 is 5.91 Å². The normalized spacial score (nSPS) is 19.0. The number of aromatic nitrogens is 3. The maximum Gasteiger partial charge on any atom is 0.276 e. The lowest BCUT2D eigenvalue weighted by atomic mass is 9.97. The number of carbonyl (C=O) groups excluding carboxylic acids is 1. The van der Waals surface area contributed by atoms with Crippen molar-refractivity contribution < 1.29 is 9.53 Å². The zero-order valence-electron chi connectivity index (χ0n) is 16.5. The van der Waals surface area contributed by atoms with Crippen molar-refractivity contribution in [2.75, 3.05) is 32.8 Å². The Morgan fingerprint density at radius 3 is 2.57 bits per heavy atom. The number of hydrogen-bond donors (Lipinski definition) is 1. The van der Waals surface area contributed by atoms with Gasteiger partial charge in [-0.25, -0.2) is 4.68 Å². The molecule has 150 valence electrons. The third-order valence-corrected chi connectivity index (χ3v) is 5.92. The fourth-order valence-corrected chi connectivity index (χ4v) is 4.12. The van der Waals surface area contributed by atoms with E-state index in [1.54, 1.807) is 0 Å². The number of hydrogen-bond acceptors (Lipinski definition) is 5. The van der Waals surface area contributed by atoms with Gasteiger partial charge in [-0.15, -0.1) is 5.10 Å². The molecule has 2 fully saturated rings. The molecule has 2 aliphatic heterocycles. The zero-order valence-corrected chi connectivity index (χ0v) is 16.5. The lowest BCUT2D eigenvalue weighted by Crippen LogP contribution is -2.40. The highest BCUT2D eigenvalue weighted by Crippen LogP contribution is 2.23. The molecule has 3 heterocycles. The van der Waals surface area contributed by atoms with Gasteiger partial charge in [0.25, 0.3) is 5.91 Å². The molecule has 2 saturated heterocycles. The van der Waals surface area contributed by atoms with Gasteiger partial charge in [0.1, 0.15) is 5.75 Å². The number of para-hydroxylation sites is 1. The van der Waals surface area contributed by atoms with Gasteiger partial charge in [-0.2, -0.15) is 0 Å². The quantitative estimate of drug-likeness (QED) is 0.859. The van der Waals surface area contributed by atoms with Crippen LogP contribution in [0.1, 0.15) is 47.9 Å². The van der Waals surface area contributed by atoms with E-state index in [-0.39, 0.29) is 5.91 Å². The summed E-state index contributed by atoms with van der Waals surface area (Å²) in [6.07, 6.45) is 3.98. The molecule has 0 radical (unpaired) electrons. The Hall–Kier alpha value is -2.41. The van der Waals surface area contributed by atoms with E-state index < -0.39 is 0 Å². The number of carbonyl (C=O) groups is 1. The Morgan fingerprint density at radius 2 is 1.86 bits per heavy atom. The summed E-state index contributed by atoms with van der Waals surface area (Å²) in [5.74, 6) is 1.40. The van der Waals surface area contributed by atoms with Crippen molar-refractivity contribution in [3.63, 3.8) is 0 Å². The second kappa shape index (κ2) is 8.73. The molecule has 1 N–H and O–H groups in total. The SMILES string of the molecule is Cc1c(C(=O)N2CCC(COc3ccccc3)CC2)nnn1C1CCNCC1. The van der Waals surface area contributed by atoms with Gasteiger partial charge < -0.3 is 15.0 Å². The molecule has 0 bridgehead atoms. The molecule has 0 unspecified atom stereocenters. The first-order valence-corrected chi connectivity index (χ1v) is 10.3. The van der Waals surface area contributed by atoms with Crippen molar-refractivity contribution in [1.29, 1.82) is 0 Å². The third kappa shape index (κ3) is 4.19. The van der Waals surface area contributed by atoms with Gasteiger partial charge in [0, 0.05) is 13.1 Å². The average Bonchev–Trinajstić information content (AvgIpc) is 3.15. The summed E-state index contributed by atoms with van der Waals surface area (Å²) >= 11 is 0.